The molecule has 38 heavy (non-hydrogen) atoms. The highest BCUT2D eigenvalue weighted by molar-refractivity contribution is 5.50. The van der Waals surface area contributed by atoms with Gasteiger partial charge in [0.25, 0.3) is 6.47 Å². The van der Waals surface area contributed by atoms with E-state index in [1.54, 1.807) is 24.6 Å². The van der Waals surface area contributed by atoms with Gasteiger partial charge in [0.05, 0.1) is 6.61 Å². The zero-order valence-corrected chi connectivity index (χ0v) is 24.8. The van der Waals surface area contributed by atoms with Crippen LogP contribution in [0.5, 0.6) is 0 Å². The van der Waals surface area contributed by atoms with Crippen LogP contribution in [-0.4, -0.2) is 13.1 Å². The molecule has 9 atom stereocenters. The zero-order valence-electron chi connectivity index (χ0n) is 24.8. The minimum atomic E-state index is 0.496. The van der Waals surface area contributed by atoms with Crippen molar-refractivity contribution >= 4 is 17.8 Å². The van der Waals surface area contributed by atoms with Crippen molar-refractivity contribution in [2.45, 2.75) is 111 Å². The summed E-state index contributed by atoms with van der Waals surface area (Å²) in [6, 6.07) is 7.15. The van der Waals surface area contributed by atoms with Crippen LogP contribution in [0.15, 0.2) is 24.3 Å². The first kappa shape index (κ1) is 29.3. The molecule has 214 valence electrons. The Kier molecular flexibility index (Phi) is 9.74. The summed E-state index contributed by atoms with van der Waals surface area (Å²) in [5.41, 5.74) is 13.5. The topological polar surface area (TPSA) is 78.3 Å². The maximum Gasteiger partial charge on any atom is 0.293 e. The largest absolute Gasteiger partial charge is 0.468 e. The first-order chi connectivity index (χ1) is 18.2. The van der Waals surface area contributed by atoms with Gasteiger partial charge in [-0.15, -0.1) is 0 Å². The Hall–Kier alpha value is -1.71. The molecule has 4 aliphatic rings. The predicted molar refractivity (Wildman–Crippen MR) is 159 cm³/mol. The van der Waals surface area contributed by atoms with Crippen LogP contribution in [0, 0.1) is 52.3 Å². The molecule has 4 fully saturated rings. The van der Waals surface area contributed by atoms with Crippen molar-refractivity contribution in [1.29, 1.82) is 0 Å². The summed E-state index contributed by atoms with van der Waals surface area (Å²) < 4.78 is 4.95. The van der Waals surface area contributed by atoms with Crippen LogP contribution in [0.1, 0.15) is 111 Å². The van der Waals surface area contributed by atoms with E-state index in [1.165, 1.54) is 77.0 Å². The van der Waals surface area contributed by atoms with Crippen LogP contribution in [0.3, 0.4) is 0 Å². The fourth-order valence-corrected chi connectivity index (χ4v) is 10.1. The van der Waals surface area contributed by atoms with Crippen LogP contribution in [0.25, 0.3) is 0 Å². The van der Waals surface area contributed by atoms with Gasteiger partial charge >= 0.3 is 0 Å². The fraction of sp³-hybridized carbons (Fsp3) is 0.794. The van der Waals surface area contributed by atoms with Crippen molar-refractivity contribution in [3.05, 3.63) is 24.3 Å². The number of nitrogens with two attached hydrogens (primary N) is 2. The molecule has 0 amide bonds. The van der Waals surface area contributed by atoms with Crippen LogP contribution >= 0.6 is 0 Å². The molecule has 1 aromatic rings. The van der Waals surface area contributed by atoms with Gasteiger partial charge in [0.2, 0.25) is 0 Å². The van der Waals surface area contributed by atoms with E-state index in [1.807, 2.05) is 6.07 Å². The molecular weight excluding hydrogens is 468 g/mol. The van der Waals surface area contributed by atoms with E-state index in [-0.39, 0.29) is 0 Å². The standard InChI is InChI=1S/C28H48O2.C6H8N2/c1-20(18-30-19-29)8-7-9-21(2)24-13-14-25-23-12-11-22-10-5-6-16-27(22,3)26(23)15-17-28(24,25)4;7-5-2-1-3-6(8)4-5/h19-26H,5-18H2,1-4H3;1-4H,7-8H2/t20?,21-,22?,23+,24-,25+,26+,27+,28-;/m1./s1. The number of fused-ring (bicyclic) bond motifs is 5. The van der Waals surface area contributed by atoms with Crippen molar-refractivity contribution in [1.82, 2.24) is 0 Å². The number of benzene rings is 1. The van der Waals surface area contributed by atoms with Gasteiger partial charge in [-0.2, -0.15) is 0 Å². The highest BCUT2D eigenvalue weighted by Gasteiger charge is 2.60. The number of rotatable bonds is 8. The summed E-state index contributed by atoms with van der Waals surface area (Å²) in [4.78, 5) is 10.4. The monoisotopic (exact) mass is 524 g/mol. The molecule has 0 aliphatic heterocycles. The average Bonchev–Trinajstić information content (AvgIpc) is 3.24. The Labute approximate surface area is 233 Å². The molecule has 4 N–H and O–H groups in total. The lowest BCUT2D eigenvalue weighted by Gasteiger charge is -2.61. The van der Waals surface area contributed by atoms with E-state index in [0.717, 1.165) is 35.5 Å². The number of carbonyl (C=O) groups excluding carboxylic acids is 1. The molecule has 5 rings (SSSR count). The van der Waals surface area contributed by atoms with Crippen LogP contribution in [-0.2, 0) is 9.53 Å². The maximum absolute atomic E-state index is 10.4. The highest BCUT2D eigenvalue weighted by atomic mass is 16.5. The summed E-state index contributed by atoms with van der Waals surface area (Å²) in [5.74, 6) is 6.38. The van der Waals surface area contributed by atoms with Gasteiger partial charge < -0.3 is 16.2 Å². The van der Waals surface area contributed by atoms with Crippen molar-refractivity contribution in [3.63, 3.8) is 0 Å². The lowest BCUT2D eigenvalue weighted by Crippen LogP contribution is -2.53. The number of nitrogen functional groups attached to an aromatic ring is 2. The lowest BCUT2D eigenvalue weighted by atomic mass is 9.44. The first-order valence-electron chi connectivity index (χ1n) is 15.8. The normalized spacial score (nSPS) is 37.4. The Morgan fingerprint density at radius 3 is 2.34 bits per heavy atom. The molecule has 4 heteroatoms. The molecule has 0 heterocycles. The van der Waals surface area contributed by atoms with E-state index < -0.39 is 0 Å². The number of carbonyl (C=O) groups is 1. The van der Waals surface area contributed by atoms with Gasteiger partial charge in [0, 0.05) is 11.4 Å². The van der Waals surface area contributed by atoms with E-state index in [9.17, 15) is 4.79 Å². The van der Waals surface area contributed by atoms with E-state index in [0.29, 0.717) is 41.2 Å². The number of anilines is 2. The van der Waals surface area contributed by atoms with Crippen molar-refractivity contribution in [2.75, 3.05) is 18.1 Å². The van der Waals surface area contributed by atoms with Crippen LogP contribution in [0.2, 0.25) is 0 Å². The van der Waals surface area contributed by atoms with Crippen LogP contribution in [0.4, 0.5) is 11.4 Å². The first-order valence-corrected chi connectivity index (χ1v) is 15.8. The molecular formula is C34H56N2O2. The van der Waals surface area contributed by atoms with E-state index >= 15 is 0 Å². The molecule has 1 aromatic carbocycles. The van der Waals surface area contributed by atoms with Gasteiger partial charge in [-0.25, -0.2) is 0 Å². The van der Waals surface area contributed by atoms with Gasteiger partial charge in [-0.1, -0.05) is 59.4 Å². The van der Waals surface area contributed by atoms with Gasteiger partial charge in [0.15, 0.2) is 0 Å². The number of hydrogen-bond acceptors (Lipinski definition) is 4. The second-order valence-electron chi connectivity index (χ2n) is 14.2. The fourth-order valence-electron chi connectivity index (χ4n) is 10.1. The summed E-state index contributed by atoms with van der Waals surface area (Å²) in [7, 11) is 0. The third-order valence-corrected chi connectivity index (χ3v) is 12.1. The summed E-state index contributed by atoms with van der Waals surface area (Å²) in [6.07, 6.45) is 19.0. The molecule has 0 radical (unpaired) electrons. The van der Waals surface area contributed by atoms with Gasteiger partial charge in [0.1, 0.15) is 0 Å². The summed E-state index contributed by atoms with van der Waals surface area (Å²) in [6.45, 7) is 11.4. The molecule has 0 saturated heterocycles. The highest BCUT2D eigenvalue weighted by Crippen LogP contribution is 2.68. The Balaban J connectivity index is 0.000000360. The van der Waals surface area contributed by atoms with Gasteiger partial charge in [-0.3, -0.25) is 4.79 Å². The van der Waals surface area contributed by atoms with E-state index in [2.05, 4.69) is 27.7 Å². The SMILES string of the molecule is CC(CCC[C@@H](C)[C@H]1CC[C@H]2[C@@H]3CCC4CCCC[C@]4(C)[C@H]3CC[C@]12C)COC=O.Nc1cccc(N)c1. The molecule has 2 unspecified atom stereocenters. The number of hydrogen-bond donors (Lipinski definition) is 2. The zero-order chi connectivity index (χ0) is 27.3. The minimum absolute atomic E-state index is 0.496. The third kappa shape index (κ3) is 6.20. The Morgan fingerprint density at radius 2 is 1.66 bits per heavy atom. The molecule has 4 aliphatic carbocycles. The van der Waals surface area contributed by atoms with Crippen molar-refractivity contribution < 1.29 is 9.53 Å². The maximum atomic E-state index is 10.4. The minimum Gasteiger partial charge on any atom is -0.468 e. The van der Waals surface area contributed by atoms with Crippen molar-refractivity contribution in [2.24, 2.45) is 52.3 Å². The average molecular weight is 525 g/mol. The summed E-state index contributed by atoms with van der Waals surface area (Å²) in [5, 5.41) is 0. The second-order valence-corrected chi connectivity index (χ2v) is 14.2. The molecule has 0 bridgehead atoms. The third-order valence-electron chi connectivity index (χ3n) is 12.1. The smallest absolute Gasteiger partial charge is 0.293 e. The molecule has 0 spiro atoms. The van der Waals surface area contributed by atoms with Crippen molar-refractivity contribution in [3.8, 4) is 0 Å². The Bertz CT molecular complexity index is 887. The second kappa shape index (κ2) is 12.6. The Morgan fingerprint density at radius 1 is 0.921 bits per heavy atom. The number of ether oxygens (including phenoxy) is 1. The predicted octanol–water partition coefficient (Wildman–Crippen LogP) is 8.50. The molecule has 0 aromatic heterocycles. The van der Waals surface area contributed by atoms with Crippen LogP contribution < -0.4 is 11.5 Å². The van der Waals surface area contributed by atoms with E-state index in [4.69, 9.17) is 16.2 Å². The quantitative estimate of drug-likeness (QED) is 0.264. The summed E-state index contributed by atoms with van der Waals surface area (Å²) >= 11 is 0. The van der Waals surface area contributed by atoms with Gasteiger partial charge in [-0.05, 0) is 128 Å². The molecule has 4 nitrogen and oxygen atoms in total. The lowest BCUT2D eigenvalue weighted by molar-refractivity contribution is -0.129. The molecule has 4 saturated carbocycles.